The van der Waals surface area contributed by atoms with Gasteiger partial charge in [0.2, 0.25) is 0 Å². The maximum absolute atomic E-state index is 5.17. The van der Waals surface area contributed by atoms with E-state index in [4.69, 9.17) is 4.42 Å². The molecule has 2 rings (SSSR count). The van der Waals surface area contributed by atoms with Crippen molar-refractivity contribution in [1.82, 2.24) is 5.43 Å². The van der Waals surface area contributed by atoms with Gasteiger partial charge in [-0.2, -0.15) is 5.10 Å². The lowest BCUT2D eigenvalue weighted by Gasteiger charge is -2.03. The molecule has 52 valence electrons. The summed E-state index contributed by atoms with van der Waals surface area (Å²) in [6.45, 7) is 0. The first-order valence-corrected chi connectivity index (χ1v) is 3.27. The Kier molecular flexibility index (Phi) is 1.20. The minimum Gasteiger partial charge on any atom is -0.467 e. The van der Waals surface area contributed by atoms with E-state index in [2.05, 4.69) is 10.5 Å². The molecule has 3 heteroatoms. The van der Waals surface area contributed by atoms with E-state index in [0.717, 1.165) is 12.2 Å². The maximum atomic E-state index is 5.17. The molecule has 0 radical (unpaired) electrons. The highest BCUT2D eigenvalue weighted by atomic mass is 16.3. The Morgan fingerprint density at radius 1 is 1.70 bits per heavy atom. The van der Waals surface area contributed by atoms with E-state index in [1.807, 2.05) is 18.3 Å². The van der Waals surface area contributed by atoms with Gasteiger partial charge in [-0.15, -0.1) is 0 Å². The third-order valence-electron chi connectivity index (χ3n) is 1.55. The molecule has 1 aliphatic heterocycles. The second-order valence-electron chi connectivity index (χ2n) is 2.24. The second kappa shape index (κ2) is 2.17. The molecule has 0 aliphatic carbocycles. The number of rotatable bonds is 1. The average Bonchev–Trinajstić information content (AvgIpc) is 2.59. The molecular formula is C7H8N2O. The fraction of sp³-hybridized carbons (Fsp3) is 0.286. The summed E-state index contributed by atoms with van der Waals surface area (Å²) in [7, 11) is 0. The van der Waals surface area contributed by atoms with Crippen LogP contribution in [0, 0.1) is 0 Å². The van der Waals surface area contributed by atoms with Crippen LogP contribution in [-0.2, 0) is 0 Å². The van der Waals surface area contributed by atoms with Gasteiger partial charge in [0.1, 0.15) is 11.8 Å². The van der Waals surface area contributed by atoms with Crippen LogP contribution in [-0.4, -0.2) is 6.21 Å². The monoisotopic (exact) mass is 136 g/mol. The Labute approximate surface area is 58.7 Å². The van der Waals surface area contributed by atoms with Gasteiger partial charge in [0.05, 0.1) is 6.26 Å². The molecule has 2 heterocycles. The van der Waals surface area contributed by atoms with Gasteiger partial charge in [-0.3, -0.25) is 5.43 Å². The Balaban J connectivity index is 2.14. The van der Waals surface area contributed by atoms with Crippen molar-refractivity contribution in [1.29, 1.82) is 0 Å². The topological polar surface area (TPSA) is 37.5 Å². The quantitative estimate of drug-likeness (QED) is 0.631. The van der Waals surface area contributed by atoms with Crippen LogP contribution in [0.2, 0.25) is 0 Å². The van der Waals surface area contributed by atoms with Crippen LogP contribution in [0.3, 0.4) is 0 Å². The van der Waals surface area contributed by atoms with Crippen LogP contribution < -0.4 is 5.43 Å². The third kappa shape index (κ3) is 0.795. The van der Waals surface area contributed by atoms with Gasteiger partial charge in [-0.1, -0.05) is 0 Å². The molecule has 1 N–H and O–H groups in total. The number of furan rings is 1. The predicted molar refractivity (Wildman–Crippen MR) is 37.7 cm³/mol. The number of hydrogen-bond acceptors (Lipinski definition) is 3. The smallest absolute Gasteiger partial charge is 0.127 e. The Morgan fingerprint density at radius 3 is 3.30 bits per heavy atom. The first-order chi connectivity index (χ1) is 4.97. The standard InChI is InChI=1S/C7H8N2O/c1-2-7(10-5-1)6-3-4-8-9-6/h1-2,4-6,9H,3H2. The highest BCUT2D eigenvalue weighted by Gasteiger charge is 2.14. The summed E-state index contributed by atoms with van der Waals surface area (Å²) in [6.07, 6.45) is 4.45. The molecule has 1 aromatic rings. The SMILES string of the molecule is C1=NNC(c2ccco2)C1. The Bertz CT molecular complexity index is 220. The largest absolute Gasteiger partial charge is 0.467 e. The van der Waals surface area contributed by atoms with E-state index in [0.29, 0.717) is 0 Å². The van der Waals surface area contributed by atoms with Crippen molar-refractivity contribution in [2.24, 2.45) is 5.10 Å². The average molecular weight is 136 g/mol. The summed E-state index contributed by atoms with van der Waals surface area (Å²) in [4.78, 5) is 0. The molecular weight excluding hydrogens is 128 g/mol. The molecule has 0 aromatic carbocycles. The van der Waals surface area contributed by atoms with Gasteiger partial charge < -0.3 is 4.42 Å². The highest BCUT2D eigenvalue weighted by Crippen LogP contribution is 2.18. The normalized spacial score (nSPS) is 23.0. The van der Waals surface area contributed by atoms with Crippen LogP contribution in [0.4, 0.5) is 0 Å². The summed E-state index contributed by atoms with van der Waals surface area (Å²) in [6, 6.07) is 4.09. The van der Waals surface area contributed by atoms with Gasteiger partial charge >= 0.3 is 0 Å². The molecule has 10 heavy (non-hydrogen) atoms. The zero-order valence-electron chi connectivity index (χ0n) is 5.45. The van der Waals surface area contributed by atoms with E-state index in [9.17, 15) is 0 Å². The lowest BCUT2D eigenvalue weighted by atomic mass is 10.2. The lowest BCUT2D eigenvalue weighted by Crippen LogP contribution is -2.07. The Hall–Kier alpha value is -1.25. The molecule has 1 aromatic heterocycles. The second-order valence-corrected chi connectivity index (χ2v) is 2.24. The number of hydrogen-bond donors (Lipinski definition) is 1. The van der Waals surface area contributed by atoms with Gasteiger partial charge in [-0.05, 0) is 12.1 Å². The molecule has 0 fully saturated rings. The van der Waals surface area contributed by atoms with Gasteiger partial charge in [-0.25, -0.2) is 0 Å². The summed E-state index contributed by atoms with van der Waals surface area (Å²) in [5, 5.41) is 3.89. The van der Waals surface area contributed by atoms with Gasteiger partial charge in [0.15, 0.2) is 0 Å². The summed E-state index contributed by atoms with van der Waals surface area (Å²) in [5.41, 5.74) is 2.93. The van der Waals surface area contributed by atoms with E-state index < -0.39 is 0 Å². The molecule has 3 nitrogen and oxygen atoms in total. The van der Waals surface area contributed by atoms with Gasteiger partial charge in [0, 0.05) is 12.6 Å². The van der Waals surface area contributed by atoms with Crippen molar-refractivity contribution in [3.8, 4) is 0 Å². The summed E-state index contributed by atoms with van der Waals surface area (Å²) >= 11 is 0. The lowest BCUT2D eigenvalue weighted by molar-refractivity contribution is 0.440. The van der Waals surface area contributed by atoms with E-state index in [-0.39, 0.29) is 6.04 Å². The molecule has 1 aliphatic rings. The summed E-state index contributed by atoms with van der Waals surface area (Å²) < 4.78 is 5.17. The van der Waals surface area contributed by atoms with E-state index in [1.165, 1.54) is 0 Å². The molecule has 0 saturated carbocycles. The fourth-order valence-corrected chi connectivity index (χ4v) is 1.02. The molecule has 0 saturated heterocycles. The van der Waals surface area contributed by atoms with Gasteiger partial charge in [0.25, 0.3) is 0 Å². The molecule has 1 atom stereocenters. The van der Waals surface area contributed by atoms with Crippen molar-refractivity contribution < 1.29 is 4.42 Å². The van der Waals surface area contributed by atoms with Crippen LogP contribution in [0.15, 0.2) is 27.9 Å². The number of nitrogens with zero attached hydrogens (tertiary/aromatic N) is 1. The van der Waals surface area contributed by atoms with Crippen LogP contribution >= 0.6 is 0 Å². The fourth-order valence-electron chi connectivity index (χ4n) is 1.02. The number of hydrazone groups is 1. The Morgan fingerprint density at radius 2 is 2.70 bits per heavy atom. The molecule has 0 amide bonds. The minimum atomic E-state index is 0.259. The van der Waals surface area contributed by atoms with Crippen molar-refractivity contribution in [2.75, 3.05) is 0 Å². The van der Waals surface area contributed by atoms with E-state index >= 15 is 0 Å². The van der Waals surface area contributed by atoms with Crippen molar-refractivity contribution in [2.45, 2.75) is 12.5 Å². The van der Waals surface area contributed by atoms with Crippen molar-refractivity contribution >= 4 is 6.21 Å². The van der Waals surface area contributed by atoms with Crippen LogP contribution in [0.5, 0.6) is 0 Å². The summed E-state index contributed by atoms with van der Waals surface area (Å²) in [5.74, 6) is 0.956. The van der Waals surface area contributed by atoms with Crippen LogP contribution in [0.1, 0.15) is 18.2 Å². The first-order valence-electron chi connectivity index (χ1n) is 3.27. The minimum absolute atomic E-state index is 0.259. The first kappa shape index (κ1) is 5.53. The zero-order valence-corrected chi connectivity index (χ0v) is 5.45. The maximum Gasteiger partial charge on any atom is 0.127 e. The van der Waals surface area contributed by atoms with Crippen LogP contribution in [0.25, 0.3) is 0 Å². The van der Waals surface area contributed by atoms with E-state index in [1.54, 1.807) is 6.26 Å². The molecule has 0 bridgehead atoms. The van der Waals surface area contributed by atoms with Crippen molar-refractivity contribution in [3.05, 3.63) is 24.2 Å². The highest BCUT2D eigenvalue weighted by molar-refractivity contribution is 5.60. The predicted octanol–water partition coefficient (Wildman–Crippen LogP) is 1.30. The zero-order chi connectivity index (χ0) is 6.81. The number of nitrogens with one attached hydrogen (secondary N) is 1. The molecule has 0 spiro atoms. The molecule has 1 unspecified atom stereocenters. The third-order valence-corrected chi connectivity index (χ3v) is 1.55. The van der Waals surface area contributed by atoms with Crippen molar-refractivity contribution in [3.63, 3.8) is 0 Å².